The number of aromatic nitrogens is 1. The zero-order valence-corrected chi connectivity index (χ0v) is 11.8. The van der Waals surface area contributed by atoms with E-state index in [1.54, 1.807) is 11.8 Å². The molecule has 2 rings (SSSR count). The van der Waals surface area contributed by atoms with E-state index in [1.165, 1.54) is 4.90 Å². The summed E-state index contributed by atoms with van der Waals surface area (Å²) in [4.78, 5) is 5.43. The summed E-state index contributed by atoms with van der Waals surface area (Å²) in [6, 6.07) is 14.0. The molecule has 0 atom stereocenters. The first-order valence-electron chi connectivity index (χ1n) is 6.26. The second kappa shape index (κ2) is 7.81. The molecule has 1 aromatic heterocycles. The van der Waals surface area contributed by atoms with Gasteiger partial charge in [-0.15, -0.1) is 11.8 Å². The molecular weight excluding hydrogens is 256 g/mol. The molecule has 0 saturated carbocycles. The van der Waals surface area contributed by atoms with Crippen LogP contribution in [0.5, 0.6) is 5.75 Å². The third-order valence-electron chi connectivity index (χ3n) is 2.64. The van der Waals surface area contributed by atoms with E-state index in [2.05, 4.69) is 22.6 Å². The molecule has 2 aromatic rings. The van der Waals surface area contributed by atoms with E-state index in [0.29, 0.717) is 6.61 Å². The predicted octanol–water partition coefficient (Wildman–Crippen LogP) is 2.97. The Morgan fingerprint density at radius 2 is 2.00 bits per heavy atom. The van der Waals surface area contributed by atoms with Crippen LogP contribution in [0.15, 0.2) is 53.6 Å². The summed E-state index contributed by atoms with van der Waals surface area (Å²) in [5.41, 5.74) is 1.05. The van der Waals surface area contributed by atoms with Gasteiger partial charge in [0.2, 0.25) is 0 Å². The molecular formula is C15H18N2OS. The molecule has 19 heavy (non-hydrogen) atoms. The summed E-state index contributed by atoms with van der Waals surface area (Å²) in [5.74, 6) is 0.953. The van der Waals surface area contributed by atoms with Crippen LogP contribution in [0.4, 0.5) is 0 Å². The van der Waals surface area contributed by atoms with Gasteiger partial charge in [-0.25, -0.2) is 0 Å². The summed E-state index contributed by atoms with van der Waals surface area (Å²) < 4.78 is 5.76. The summed E-state index contributed by atoms with van der Waals surface area (Å²) in [5, 5.41) is 3.32. The quantitative estimate of drug-likeness (QED) is 0.622. The minimum absolute atomic E-state index is 0.657. The van der Waals surface area contributed by atoms with Gasteiger partial charge in [-0.1, -0.05) is 18.2 Å². The van der Waals surface area contributed by atoms with Crippen molar-refractivity contribution in [3.05, 3.63) is 54.4 Å². The van der Waals surface area contributed by atoms with Crippen LogP contribution in [0.25, 0.3) is 0 Å². The number of nitrogens with one attached hydrogen (secondary N) is 1. The Morgan fingerprint density at radius 3 is 2.79 bits per heavy atom. The molecule has 0 aliphatic rings. The average Bonchev–Trinajstić information content (AvgIpc) is 2.48. The minimum atomic E-state index is 0.657. The Labute approximate surface area is 118 Å². The van der Waals surface area contributed by atoms with Crippen LogP contribution in [-0.2, 0) is 6.54 Å². The molecule has 0 aliphatic heterocycles. The molecule has 0 radical (unpaired) electrons. The van der Waals surface area contributed by atoms with Gasteiger partial charge in [-0.3, -0.25) is 4.98 Å². The maximum absolute atomic E-state index is 5.76. The van der Waals surface area contributed by atoms with Crippen molar-refractivity contribution >= 4 is 11.8 Å². The topological polar surface area (TPSA) is 34.1 Å². The zero-order chi connectivity index (χ0) is 13.3. The highest BCUT2D eigenvalue weighted by Crippen LogP contribution is 2.26. The van der Waals surface area contributed by atoms with Gasteiger partial charge < -0.3 is 10.1 Å². The number of thioether (sulfide) groups is 1. The highest BCUT2D eigenvalue weighted by molar-refractivity contribution is 7.98. The van der Waals surface area contributed by atoms with Crippen LogP contribution in [-0.4, -0.2) is 24.4 Å². The largest absolute Gasteiger partial charge is 0.491 e. The lowest BCUT2D eigenvalue weighted by molar-refractivity contribution is 0.306. The van der Waals surface area contributed by atoms with Gasteiger partial charge in [0.05, 0.1) is 5.69 Å². The first-order chi connectivity index (χ1) is 9.40. The number of ether oxygens (including phenoxy) is 1. The third-order valence-corrected chi connectivity index (χ3v) is 3.41. The molecule has 0 fully saturated rings. The van der Waals surface area contributed by atoms with Crippen molar-refractivity contribution in [2.75, 3.05) is 19.4 Å². The summed E-state index contributed by atoms with van der Waals surface area (Å²) >= 11 is 1.70. The zero-order valence-electron chi connectivity index (χ0n) is 11.0. The van der Waals surface area contributed by atoms with Gasteiger partial charge in [0.1, 0.15) is 12.4 Å². The molecule has 1 N–H and O–H groups in total. The van der Waals surface area contributed by atoms with E-state index in [-0.39, 0.29) is 0 Å². The number of para-hydroxylation sites is 1. The van der Waals surface area contributed by atoms with Crippen molar-refractivity contribution in [2.24, 2.45) is 0 Å². The van der Waals surface area contributed by atoms with E-state index in [0.717, 1.165) is 24.5 Å². The molecule has 3 nitrogen and oxygen atoms in total. The van der Waals surface area contributed by atoms with E-state index >= 15 is 0 Å². The van der Waals surface area contributed by atoms with Crippen molar-refractivity contribution in [1.29, 1.82) is 0 Å². The van der Waals surface area contributed by atoms with Gasteiger partial charge >= 0.3 is 0 Å². The fraction of sp³-hybridized carbons (Fsp3) is 0.267. The number of rotatable bonds is 7. The molecule has 1 heterocycles. The maximum Gasteiger partial charge on any atom is 0.132 e. The van der Waals surface area contributed by atoms with Gasteiger partial charge in [-0.2, -0.15) is 0 Å². The molecule has 0 amide bonds. The second-order valence-electron chi connectivity index (χ2n) is 4.00. The van der Waals surface area contributed by atoms with E-state index in [9.17, 15) is 0 Å². The van der Waals surface area contributed by atoms with E-state index < -0.39 is 0 Å². The van der Waals surface area contributed by atoms with Crippen LogP contribution >= 0.6 is 11.8 Å². The Balaban J connectivity index is 1.69. The summed E-state index contributed by atoms with van der Waals surface area (Å²) in [7, 11) is 0. The first kappa shape index (κ1) is 13.9. The third kappa shape index (κ3) is 4.58. The van der Waals surface area contributed by atoms with Crippen LogP contribution in [0.3, 0.4) is 0 Å². The van der Waals surface area contributed by atoms with Gasteiger partial charge in [-0.05, 0) is 30.5 Å². The molecule has 0 unspecified atom stereocenters. The molecule has 0 bridgehead atoms. The maximum atomic E-state index is 5.76. The number of nitrogens with zero attached hydrogens (tertiary/aromatic N) is 1. The normalized spacial score (nSPS) is 10.4. The van der Waals surface area contributed by atoms with Gasteiger partial charge in [0.15, 0.2) is 0 Å². The Bertz CT molecular complexity index is 491. The highest BCUT2D eigenvalue weighted by Gasteiger charge is 2.00. The molecule has 100 valence electrons. The van der Waals surface area contributed by atoms with Crippen molar-refractivity contribution in [2.45, 2.75) is 11.4 Å². The monoisotopic (exact) mass is 274 g/mol. The van der Waals surface area contributed by atoms with E-state index in [1.807, 2.05) is 42.6 Å². The van der Waals surface area contributed by atoms with Crippen molar-refractivity contribution in [3.8, 4) is 5.75 Å². The van der Waals surface area contributed by atoms with Crippen molar-refractivity contribution in [1.82, 2.24) is 10.3 Å². The highest BCUT2D eigenvalue weighted by atomic mass is 32.2. The summed E-state index contributed by atoms with van der Waals surface area (Å²) in [6.07, 6.45) is 3.86. The lowest BCUT2D eigenvalue weighted by Crippen LogP contribution is -2.21. The van der Waals surface area contributed by atoms with Gasteiger partial charge in [0.25, 0.3) is 0 Å². The smallest absolute Gasteiger partial charge is 0.132 e. The number of hydrogen-bond acceptors (Lipinski definition) is 4. The Hall–Kier alpha value is -1.52. The number of benzene rings is 1. The number of hydrogen-bond donors (Lipinski definition) is 1. The average molecular weight is 274 g/mol. The fourth-order valence-electron chi connectivity index (χ4n) is 1.69. The van der Waals surface area contributed by atoms with E-state index in [4.69, 9.17) is 4.74 Å². The van der Waals surface area contributed by atoms with Crippen LogP contribution < -0.4 is 10.1 Å². The molecule has 0 spiro atoms. The Kier molecular flexibility index (Phi) is 5.72. The van der Waals surface area contributed by atoms with Crippen molar-refractivity contribution in [3.63, 3.8) is 0 Å². The Morgan fingerprint density at radius 1 is 1.16 bits per heavy atom. The van der Waals surface area contributed by atoms with Crippen LogP contribution in [0.2, 0.25) is 0 Å². The SMILES string of the molecule is CSc1ccccc1OCCNCc1ccccn1. The predicted molar refractivity (Wildman–Crippen MR) is 79.7 cm³/mol. The standard InChI is InChI=1S/C15H18N2OS/c1-19-15-8-3-2-7-14(15)18-11-10-16-12-13-6-4-5-9-17-13/h2-9,16H,10-12H2,1H3. The van der Waals surface area contributed by atoms with Crippen molar-refractivity contribution < 1.29 is 4.74 Å². The molecule has 4 heteroatoms. The molecule has 0 saturated heterocycles. The van der Waals surface area contributed by atoms with Crippen LogP contribution in [0.1, 0.15) is 5.69 Å². The summed E-state index contributed by atoms with van der Waals surface area (Å²) in [6.45, 7) is 2.23. The first-order valence-corrected chi connectivity index (χ1v) is 7.49. The lowest BCUT2D eigenvalue weighted by atomic mass is 10.3. The fourth-order valence-corrected chi connectivity index (χ4v) is 2.23. The van der Waals surface area contributed by atoms with Gasteiger partial charge in [0, 0.05) is 24.2 Å². The van der Waals surface area contributed by atoms with Crippen LogP contribution in [0, 0.1) is 0 Å². The lowest BCUT2D eigenvalue weighted by Gasteiger charge is -2.10. The molecule has 1 aromatic carbocycles. The second-order valence-corrected chi connectivity index (χ2v) is 4.85. The minimum Gasteiger partial charge on any atom is -0.491 e. The molecule has 0 aliphatic carbocycles. The number of pyridine rings is 1.